The first-order valence-corrected chi connectivity index (χ1v) is 14.5. The molecule has 0 saturated heterocycles. The summed E-state index contributed by atoms with van der Waals surface area (Å²) in [4.78, 5) is 19.1. The highest BCUT2D eigenvalue weighted by molar-refractivity contribution is 6.18. The van der Waals surface area contributed by atoms with Crippen LogP contribution in [-0.2, 0) is 0 Å². The molecule has 0 bridgehead atoms. The maximum absolute atomic E-state index is 4.83. The molecule has 0 aliphatic heterocycles. The number of benzene rings is 3. The number of aliphatic imine (C=N–C) groups is 4. The number of rotatable bonds is 10. The summed E-state index contributed by atoms with van der Waals surface area (Å²) in [5.41, 5.74) is 11.2. The van der Waals surface area contributed by atoms with Gasteiger partial charge in [0.15, 0.2) is 0 Å². The van der Waals surface area contributed by atoms with Crippen LogP contribution < -0.4 is 0 Å². The number of para-hydroxylation sites is 2. The van der Waals surface area contributed by atoms with E-state index in [1.165, 1.54) is 22.3 Å². The summed E-state index contributed by atoms with van der Waals surface area (Å²) < 4.78 is 0. The summed E-state index contributed by atoms with van der Waals surface area (Å²) in [5.74, 6) is 1.64. The van der Waals surface area contributed by atoms with Crippen LogP contribution in [0.3, 0.4) is 0 Å². The van der Waals surface area contributed by atoms with E-state index in [0.717, 1.165) is 33.9 Å². The van der Waals surface area contributed by atoms with Gasteiger partial charge in [0, 0.05) is 24.9 Å². The van der Waals surface area contributed by atoms with E-state index >= 15 is 0 Å². The van der Waals surface area contributed by atoms with Crippen LogP contribution in [0.25, 0.3) is 0 Å². The van der Waals surface area contributed by atoms with Gasteiger partial charge in [0.2, 0.25) is 0 Å². The molecule has 0 unspecified atom stereocenters. The average Bonchev–Trinajstić information content (AvgIpc) is 2.90. The van der Waals surface area contributed by atoms with Gasteiger partial charge in [-0.25, -0.2) is 0 Å². The third kappa shape index (κ3) is 7.71. The Morgan fingerprint density at radius 2 is 0.725 bits per heavy atom. The minimum absolute atomic E-state index is 0.410. The fourth-order valence-corrected chi connectivity index (χ4v) is 4.83. The number of hydrogen-bond acceptors (Lipinski definition) is 4. The molecule has 3 aromatic carbocycles. The normalized spacial score (nSPS) is 12.8. The van der Waals surface area contributed by atoms with E-state index in [1.54, 1.807) is 12.4 Å². The van der Waals surface area contributed by atoms with Crippen molar-refractivity contribution < 1.29 is 0 Å². The molecule has 0 amide bonds. The summed E-state index contributed by atoms with van der Waals surface area (Å²) in [5, 5.41) is 0. The van der Waals surface area contributed by atoms with Gasteiger partial charge >= 0.3 is 0 Å². The molecule has 3 rings (SSSR count). The fraction of sp³-hybridized carbons (Fsp3) is 0.389. The van der Waals surface area contributed by atoms with E-state index in [1.807, 2.05) is 12.4 Å². The fourth-order valence-electron chi connectivity index (χ4n) is 4.83. The van der Waals surface area contributed by atoms with Gasteiger partial charge in [-0.15, -0.1) is 0 Å². The van der Waals surface area contributed by atoms with Crippen LogP contribution in [0.15, 0.2) is 68.5 Å². The Morgan fingerprint density at radius 3 is 1.00 bits per heavy atom. The maximum atomic E-state index is 4.83. The quantitative estimate of drug-likeness (QED) is 0.232. The Morgan fingerprint density at radius 1 is 0.450 bits per heavy atom. The molecule has 0 saturated carbocycles. The Labute approximate surface area is 242 Å². The molecule has 0 aliphatic rings. The van der Waals surface area contributed by atoms with Gasteiger partial charge in [-0.1, -0.05) is 91.8 Å². The van der Waals surface area contributed by atoms with Crippen LogP contribution in [0.2, 0.25) is 0 Å². The largest absolute Gasteiger partial charge is 0.255 e. The van der Waals surface area contributed by atoms with Crippen molar-refractivity contribution in [2.75, 3.05) is 0 Å². The maximum Gasteiger partial charge on any atom is 0.0699 e. The molecule has 0 atom stereocenters. The lowest BCUT2D eigenvalue weighted by Crippen LogP contribution is -1.95. The Kier molecular flexibility index (Phi) is 10.9. The Hall–Kier alpha value is -3.66. The van der Waals surface area contributed by atoms with Crippen LogP contribution in [0.1, 0.15) is 112 Å². The van der Waals surface area contributed by atoms with E-state index < -0.39 is 0 Å². The summed E-state index contributed by atoms with van der Waals surface area (Å²) in [6.45, 7) is 21.8. The molecule has 40 heavy (non-hydrogen) atoms. The molecule has 0 spiro atoms. The van der Waals surface area contributed by atoms with Crippen molar-refractivity contribution in [3.63, 3.8) is 0 Å². The lowest BCUT2D eigenvalue weighted by molar-refractivity contribution is 0.835. The monoisotopic (exact) mass is 534 g/mol. The molecule has 0 radical (unpaired) electrons. The van der Waals surface area contributed by atoms with Crippen molar-refractivity contribution in [1.82, 2.24) is 0 Å². The standard InChI is InChI=1S/C36H46N4/c1-23(2)29-13-11-14-30(24(3)4)35(29)39-19-17-37-33-21-28(10)34(22-27(33)9)38-18-20-40-36-31(25(5)6)15-12-16-32(36)26(7)8/h11-26H,1-10H3. The summed E-state index contributed by atoms with van der Waals surface area (Å²) in [6.07, 6.45) is 7.20. The van der Waals surface area contributed by atoms with Crippen LogP contribution in [-0.4, -0.2) is 24.9 Å². The highest BCUT2D eigenvalue weighted by atomic mass is 14.8. The van der Waals surface area contributed by atoms with Crippen LogP contribution >= 0.6 is 0 Å². The summed E-state index contributed by atoms with van der Waals surface area (Å²) in [7, 11) is 0. The summed E-state index contributed by atoms with van der Waals surface area (Å²) in [6, 6.07) is 17.1. The minimum atomic E-state index is 0.410. The molecule has 0 aliphatic carbocycles. The predicted molar refractivity (Wildman–Crippen MR) is 178 cm³/mol. The first-order valence-electron chi connectivity index (χ1n) is 14.5. The van der Waals surface area contributed by atoms with Crippen molar-refractivity contribution >= 4 is 47.6 Å². The SMILES string of the molecule is Cc1cc(N=CC=Nc2c(C(C)C)cccc2C(C)C)c(C)cc1N=CC=Nc1c(C(C)C)cccc1C(C)C. The zero-order chi connectivity index (χ0) is 29.4. The third-order valence-electron chi connectivity index (χ3n) is 7.17. The smallest absolute Gasteiger partial charge is 0.0699 e. The number of hydrogen-bond donors (Lipinski definition) is 0. The first-order chi connectivity index (χ1) is 19.0. The van der Waals surface area contributed by atoms with Crippen molar-refractivity contribution in [1.29, 1.82) is 0 Å². The van der Waals surface area contributed by atoms with E-state index in [4.69, 9.17) is 20.0 Å². The number of aryl methyl sites for hydroxylation is 2. The second kappa shape index (κ2) is 14.1. The molecular weight excluding hydrogens is 488 g/mol. The van der Waals surface area contributed by atoms with Crippen LogP contribution in [0.5, 0.6) is 0 Å². The molecule has 210 valence electrons. The van der Waals surface area contributed by atoms with Crippen LogP contribution in [0.4, 0.5) is 22.7 Å². The Bertz CT molecular complexity index is 1260. The highest BCUT2D eigenvalue weighted by Crippen LogP contribution is 2.35. The minimum Gasteiger partial charge on any atom is -0.255 e. The van der Waals surface area contributed by atoms with E-state index in [2.05, 4.69) is 118 Å². The molecule has 0 aromatic heterocycles. The zero-order valence-corrected chi connectivity index (χ0v) is 26.0. The molecule has 3 aromatic rings. The van der Waals surface area contributed by atoms with E-state index in [-0.39, 0.29) is 0 Å². The van der Waals surface area contributed by atoms with Gasteiger partial charge in [0.25, 0.3) is 0 Å². The highest BCUT2D eigenvalue weighted by Gasteiger charge is 2.13. The lowest BCUT2D eigenvalue weighted by Gasteiger charge is -2.15. The van der Waals surface area contributed by atoms with Gasteiger partial charge in [-0.05, 0) is 83.0 Å². The second-order valence-electron chi connectivity index (χ2n) is 11.7. The summed E-state index contributed by atoms with van der Waals surface area (Å²) >= 11 is 0. The molecular formula is C36H46N4. The van der Waals surface area contributed by atoms with Crippen molar-refractivity contribution in [2.45, 2.75) is 92.9 Å². The zero-order valence-electron chi connectivity index (χ0n) is 26.0. The van der Waals surface area contributed by atoms with Gasteiger partial charge in [0.05, 0.1) is 22.7 Å². The predicted octanol–water partition coefficient (Wildman–Crippen LogP) is 11.0. The first kappa shape index (κ1) is 30.9. The van der Waals surface area contributed by atoms with Crippen molar-refractivity contribution in [3.8, 4) is 0 Å². The van der Waals surface area contributed by atoms with E-state index in [0.29, 0.717) is 23.7 Å². The molecule has 0 fully saturated rings. The van der Waals surface area contributed by atoms with Crippen LogP contribution in [0, 0.1) is 13.8 Å². The second-order valence-corrected chi connectivity index (χ2v) is 11.7. The van der Waals surface area contributed by atoms with Crippen molar-refractivity contribution in [3.05, 3.63) is 81.9 Å². The average molecular weight is 535 g/mol. The Balaban J connectivity index is 1.80. The number of nitrogens with zero attached hydrogens (tertiary/aromatic N) is 4. The van der Waals surface area contributed by atoms with Gasteiger partial charge in [-0.3, -0.25) is 20.0 Å². The topological polar surface area (TPSA) is 49.4 Å². The lowest BCUT2D eigenvalue weighted by atomic mass is 9.93. The molecule has 0 N–H and O–H groups in total. The third-order valence-corrected chi connectivity index (χ3v) is 7.17. The molecule has 4 nitrogen and oxygen atoms in total. The van der Waals surface area contributed by atoms with Crippen molar-refractivity contribution in [2.24, 2.45) is 20.0 Å². The van der Waals surface area contributed by atoms with Gasteiger partial charge in [0.1, 0.15) is 0 Å². The van der Waals surface area contributed by atoms with Gasteiger partial charge < -0.3 is 0 Å². The molecule has 0 heterocycles. The van der Waals surface area contributed by atoms with Gasteiger partial charge in [-0.2, -0.15) is 0 Å². The molecule has 4 heteroatoms. The van der Waals surface area contributed by atoms with E-state index in [9.17, 15) is 0 Å².